The van der Waals surface area contributed by atoms with Crippen LogP contribution in [0.15, 0.2) is 118 Å². The van der Waals surface area contributed by atoms with Gasteiger partial charge in [0, 0.05) is 46.2 Å². The maximum absolute atomic E-state index is 12.3. The second-order valence-electron chi connectivity index (χ2n) is 9.91. The molecule has 3 aromatic heterocycles. The first-order chi connectivity index (χ1) is 23.0. The van der Waals surface area contributed by atoms with Crippen molar-refractivity contribution in [3.8, 4) is 0 Å². The molecule has 3 aromatic carbocycles. The fraction of sp³-hybridized carbons (Fsp3) is 0.0968. The van der Waals surface area contributed by atoms with Gasteiger partial charge in [0.1, 0.15) is 23.2 Å². The van der Waals surface area contributed by atoms with Crippen LogP contribution in [-0.4, -0.2) is 49.1 Å². The number of anilines is 3. The molecule has 48 heavy (non-hydrogen) atoms. The first-order valence-corrected chi connectivity index (χ1v) is 19.4. The van der Waals surface area contributed by atoms with Crippen LogP contribution in [-0.2, 0) is 41.7 Å². The SMILES string of the molecule is O=C(CCl)Nc1ccc(S(=O)(=O)Cc2nccs2)cc1.O=C(Cn1ccc2ccccc21)Nc1ccc(S(=O)(=O)Nc2nccs2)cc1. The molecule has 0 aliphatic heterocycles. The molecule has 0 unspecified atom stereocenters. The molecule has 0 saturated carbocycles. The number of para-hydroxylation sites is 1. The monoisotopic (exact) mass is 742 g/mol. The minimum Gasteiger partial charge on any atom is -0.338 e. The number of sulfone groups is 1. The lowest BCUT2D eigenvalue weighted by Gasteiger charge is -2.09. The van der Waals surface area contributed by atoms with Crippen molar-refractivity contribution in [2.24, 2.45) is 0 Å². The number of hydrogen-bond acceptors (Lipinski definition) is 10. The molecule has 0 saturated heterocycles. The summed E-state index contributed by atoms with van der Waals surface area (Å²) in [6.45, 7) is 0.166. The number of benzene rings is 3. The highest BCUT2D eigenvalue weighted by Gasteiger charge is 2.17. The number of alkyl halides is 1. The zero-order valence-electron chi connectivity index (χ0n) is 24.8. The Morgan fingerprint density at radius 1 is 0.750 bits per heavy atom. The molecule has 6 rings (SSSR count). The lowest BCUT2D eigenvalue weighted by atomic mass is 10.2. The lowest BCUT2D eigenvalue weighted by molar-refractivity contribution is -0.116. The normalized spacial score (nSPS) is 11.4. The molecule has 248 valence electrons. The van der Waals surface area contributed by atoms with Crippen molar-refractivity contribution in [1.82, 2.24) is 14.5 Å². The van der Waals surface area contributed by atoms with Gasteiger partial charge in [-0.15, -0.1) is 34.3 Å². The molecule has 0 spiro atoms. The average molecular weight is 743 g/mol. The van der Waals surface area contributed by atoms with Gasteiger partial charge in [-0.25, -0.2) is 26.8 Å². The fourth-order valence-corrected chi connectivity index (χ4v) is 8.42. The number of halogens is 1. The van der Waals surface area contributed by atoms with Crippen LogP contribution in [0.25, 0.3) is 10.9 Å². The summed E-state index contributed by atoms with van der Waals surface area (Å²) in [5.74, 6) is -0.815. The molecular weight excluding hydrogens is 716 g/mol. The number of hydrogen-bond donors (Lipinski definition) is 3. The number of amides is 2. The minimum absolute atomic E-state index is 0.0945. The number of carbonyl (C=O) groups excluding carboxylic acids is 2. The van der Waals surface area contributed by atoms with Crippen molar-refractivity contribution >= 4 is 93.4 Å². The van der Waals surface area contributed by atoms with E-state index in [9.17, 15) is 26.4 Å². The van der Waals surface area contributed by atoms with E-state index in [1.807, 2.05) is 41.1 Å². The van der Waals surface area contributed by atoms with Crippen LogP contribution >= 0.6 is 34.3 Å². The van der Waals surface area contributed by atoms with Crippen molar-refractivity contribution in [2.75, 3.05) is 21.2 Å². The smallest absolute Gasteiger partial charge is 0.263 e. The van der Waals surface area contributed by atoms with Crippen molar-refractivity contribution in [2.45, 2.75) is 22.1 Å². The van der Waals surface area contributed by atoms with E-state index in [-0.39, 0.29) is 39.8 Å². The molecule has 17 heteroatoms. The van der Waals surface area contributed by atoms with Crippen molar-refractivity contribution in [3.05, 3.63) is 113 Å². The van der Waals surface area contributed by atoms with Gasteiger partial charge in [0.25, 0.3) is 10.0 Å². The molecule has 12 nitrogen and oxygen atoms in total. The molecule has 0 atom stereocenters. The first kappa shape index (κ1) is 34.7. The molecular formula is C31H27ClN6O6S4. The third-order valence-corrected chi connectivity index (χ3v) is 11.5. The van der Waals surface area contributed by atoms with Crippen LogP contribution in [0, 0.1) is 0 Å². The van der Waals surface area contributed by atoms with Gasteiger partial charge in [-0.2, -0.15) is 0 Å². The molecule has 3 heterocycles. The number of fused-ring (bicyclic) bond motifs is 1. The summed E-state index contributed by atoms with van der Waals surface area (Å²) < 4.78 is 53.2. The summed E-state index contributed by atoms with van der Waals surface area (Å²) in [5, 5.41) is 10.7. The Balaban J connectivity index is 0.000000199. The van der Waals surface area contributed by atoms with Gasteiger partial charge in [-0.05, 0) is 66.0 Å². The third kappa shape index (κ3) is 9.26. The Morgan fingerprint density at radius 3 is 2.00 bits per heavy atom. The Kier molecular flexibility index (Phi) is 11.2. The number of rotatable bonds is 11. The molecule has 0 aliphatic rings. The zero-order chi connectivity index (χ0) is 34.1. The second-order valence-corrected chi connectivity index (χ2v) is 15.7. The standard InChI is InChI=1S/C19H16N4O3S2.C12H11ClN2O3S2/c24-18(13-23-11-9-14-3-1-2-4-17(14)23)21-15-5-7-16(8-6-15)28(25,26)22-19-20-10-12-27-19;13-7-11(16)15-9-1-3-10(4-2-9)20(17,18)8-12-14-5-6-19-12/h1-12H,13H2,(H,20,22)(H,21,24);1-6H,7-8H2,(H,15,16). The van der Waals surface area contributed by atoms with E-state index in [2.05, 4.69) is 25.3 Å². The summed E-state index contributed by atoms with van der Waals surface area (Å²) in [7, 11) is -7.14. The van der Waals surface area contributed by atoms with Crippen molar-refractivity contribution < 1.29 is 26.4 Å². The van der Waals surface area contributed by atoms with E-state index >= 15 is 0 Å². The maximum Gasteiger partial charge on any atom is 0.263 e. The summed E-state index contributed by atoms with van der Waals surface area (Å²) in [4.78, 5) is 31.6. The van der Waals surface area contributed by atoms with Gasteiger partial charge in [0.05, 0.1) is 9.79 Å². The van der Waals surface area contributed by atoms with Crippen LogP contribution < -0.4 is 15.4 Å². The molecule has 6 aromatic rings. The number of nitrogens with one attached hydrogen (secondary N) is 3. The molecule has 3 N–H and O–H groups in total. The van der Waals surface area contributed by atoms with Gasteiger partial charge in [0.2, 0.25) is 11.8 Å². The van der Waals surface area contributed by atoms with Crippen LogP contribution in [0.1, 0.15) is 5.01 Å². The highest BCUT2D eigenvalue weighted by Crippen LogP contribution is 2.21. The van der Waals surface area contributed by atoms with Crippen LogP contribution in [0.3, 0.4) is 0 Å². The lowest BCUT2D eigenvalue weighted by Crippen LogP contribution is -2.18. The van der Waals surface area contributed by atoms with Gasteiger partial charge < -0.3 is 15.2 Å². The van der Waals surface area contributed by atoms with E-state index in [0.717, 1.165) is 10.9 Å². The fourth-order valence-electron chi connectivity index (χ4n) is 4.31. The number of carbonyl (C=O) groups is 2. The van der Waals surface area contributed by atoms with Crippen LogP contribution in [0.2, 0.25) is 0 Å². The van der Waals surface area contributed by atoms with Crippen molar-refractivity contribution in [1.29, 1.82) is 0 Å². The highest BCUT2D eigenvalue weighted by atomic mass is 35.5. The minimum atomic E-state index is -3.71. The van der Waals surface area contributed by atoms with Gasteiger partial charge in [-0.3, -0.25) is 14.3 Å². The summed E-state index contributed by atoms with van der Waals surface area (Å²) in [6, 6.07) is 21.7. The Hall–Kier alpha value is -4.61. The quantitative estimate of drug-likeness (QED) is 0.139. The summed E-state index contributed by atoms with van der Waals surface area (Å²) in [5.41, 5.74) is 2.01. The highest BCUT2D eigenvalue weighted by molar-refractivity contribution is 7.93. The van der Waals surface area contributed by atoms with E-state index in [0.29, 0.717) is 21.5 Å². The predicted octanol–water partition coefficient (Wildman–Crippen LogP) is 5.83. The third-order valence-electron chi connectivity index (χ3n) is 6.51. The van der Waals surface area contributed by atoms with Crippen LogP contribution in [0.4, 0.5) is 16.5 Å². The number of nitrogens with zero attached hydrogens (tertiary/aromatic N) is 3. The molecule has 2 amide bonds. The topological polar surface area (TPSA) is 169 Å². The van der Waals surface area contributed by atoms with Gasteiger partial charge in [0.15, 0.2) is 15.0 Å². The van der Waals surface area contributed by atoms with E-state index in [4.69, 9.17) is 11.6 Å². The Labute approximate surface area is 289 Å². The predicted molar refractivity (Wildman–Crippen MR) is 189 cm³/mol. The van der Waals surface area contributed by atoms with E-state index in [1.54, 1.807) is 29.1 Å². The Bertz CT molecular complexity index is 2210. The molecule has 0 aliphatic carbocycles. The average Bonchev–Trinajstić information content (AvgIpc) is 3.85. The number of sulfonamides is 1. The summed E-state index contributed by atoms with van der Waals surface area (Å²) in [6.07, 6.45) is 4.96. The van der Waals surface area contributed by atoms with Crippen LogP contribution in [0.5, 0.6) is 0 Å². The van der Waals surface area contributed by atoms with E-state index < -0.39 is 19.9 Å². The number of aromatic nitrogens is 3. The Morgan fingerprint density at radius 2 is 1.38 bits per heavy atom. The zero-order valence-corrected chi connectivity index (χ0v) is 28.8. The second kappa shape index (κ2) is 15.5. The number of thiazole rings is 2. The first-order valence-electron chi connectivity index (χ1n) is 14.0. The molecule has 0 radical (unpaired) electrons. The van der Waals surface area contributed by atoms with Gasteiger partial charge in [-0.1, -0.05) is 18.2 Å². The van der Waals surface area contributed by atoms with Gasteiger partial charge >= 0.3 is 0 Å². The van der Waals surface area contributed by atoms with Crippen molar-refractivity contribution in [3.63, 3.8) is 0 Å². The summed E-state index contributed by atoms with van der Waals surface area (Å²) >= 11 is 7.87. The maximum atomic E-state index is 12.3. The molecule has 0 bridgehead atoms. The van der Waals surface area contributed by atoms with E-state index in [1.165, 1.54) is 65.3 Å². The largest absolute Gasteiger partial charge is 0.338 e. The molecule has 0 fully saturated rings.